The minimum Gasteiger partial charge on any atom is -0.612 e. The van der Waals surface area contributed by atoms with Crippen LogP contribution in [-0.2, 0) is 21.2 Å². The summed E-state index contributed by atoms with van der Waals surface area (Å²) < 4.78 is 39.1. The van der Waals surface area contributed by atoms with Gasteiger partial charge in [-0.25, -0.2) is 12.7 Å². The fourth-order valence-corrected chi connectivity index (χ4v) is 5.74. The molecule has 0 amide bonds. The molecule has 1 fully saturated rings. The van der Waals surface area contributed by atoms with E-state index in [4.69, 9.17) is 0 Å². The molecule has 3 unspecified atom stereocenters. The largest absolute Gasteiger partial charge is 0.612 e. The van der Waals surface area contributed by atoms with Crippen LogP contribution in [0, 0.1) is 0 Å². The molecule has 0 aromatic heterocycles. The number of rotatable bonds is 4. The fourth-order valence-electron chi connectivity index (χ4n) is 3.80. The lowest BCUT2D eigenvalue weighted by atomic mass is 10.1. The molecule has 2 aromatic carbocycles. The van der Waals surface area contributed by atoms with Gasteiger partial charge in [0.15, 0.2) is 4.90 Å². The topological polar surface area (TPSA) is 96.5 Å². The maximum absolute atomic E-state index is 13.1. The average molecular weight is 441 g/mol. The van der Waals surface area contributed by atoms with Crippen LogP contribution in [0.1, 0.15) is 11.7 Å². The normalized spacial score (nSPS) is 23.1. The third kappa shape index (κ3) is 3.06. The molecule has 0 bridgehead atoms. The van der Waals surface area contributed by atoms with E-state index in [2.05, 4.69) is 16.0 Å². The fraction of sp³-hybridized carbons (Fsp3) is 0.143. The summed E-state index contributed by atoms with van der Waals surface area (Å²) in [6, 6.07) is 16.0. The Kier molecular flexibility index (Phi) is 4.53. The zero-order chi connectivity index (χ0) is 20.9. The summed E-state index contributed by atoms with van der Waals surface area (Å²) in [7, 11) is -3.67. The lowest BCUT2D eigenvalue weighted by Gasteiger charge is -2.29. The van der Waals surface area contributed by atoms with Crippen molar-refractivity contribution in [3.8, 4) is 0 Å². The van der Waals surface area contributed by atoms with Crippen molar-refractivity contribution in [1.82, 2.24) is 20.3 Å². The molecule has 3 heterocycles. The minimum atomic E-state index is -3.67. The van der Waals surface area contributed by atoms with Gasteiger partial charge in [-0.05, 0) is 47.1 Å². The van der Waals surface area contributed by atoms with E-state index in [9.17, 15) is 13.0 Å². The molecule has 9 heteroatoms. The second kappa shape index (κ2) is 7.12. The van der Waals surface area contributed by atoms with Crippen molar-refractivity contribution in [3.63, 3.8) is 0 Å². The Balaban J connectivity index is 1.42. The van der Waals surface area contributed by atoms with Crippen LogP contribution in [0.25, 0.3) is 0 Å². The predicted molar refractivity (Wildman–Crippen MR) is 114 cm³/mol. The molecule has 1 saturated heterocycles. The molecule has 0 saturated carbocycles. The van der Waals surface area contributed by atoms with Gasteiger partial charge in [0.05, 0.1) is 16.3 Å². The molecule has 3 N–H and O–H groups in total. The number of hydrogen-bond acceptors (Lipinski definition) is 6. The summed E-state index contributed by atoms with van der Waals surface area (Å²) in [5, 5.41) is 10.1. The van der Waals surface area contributed by atoms with Gasteiger partial charge >= 0.3 is 0 Å². The lowest BCUT2D eigenvalue weighted by Crippen LogP contribution is -2.44. The molecule has 3 atom stereocenters. The van der Waals surface area contributed by atoms with Crippen molar-refractivity contribution >= 4 is 21.2 Å². The Morgan fingerprint density at radius 1 is 1.03 bits per heavy atom. The van der Waals surface area contributed by atoms with Gasteiger partial charge in [-0.3, -0.25) is 0 Å². The third-order valence-electron chi connectivity index (χ3n) is 5.35. The number of dihydropyridines is 1. The van der Waals surface area contributed by atoms with Crippen molar-refractivity contribution in [2.45, 2.75) is 22.1 Å². The number of nitrogens with zero attached hydrogens (tertiary/aromatic N) is 1. The molecule has 154 valence electrons. The van der Waals surface area contributed by atoms with Crippen LogP contribution in [-0.4, -0.2) is 29.7 Å². The first kappa shape index (κ1) is 19.1. The second-order valence-electron chi connectivity index (χ2n) is 7.17. The second-order valence-corrected chi connectivity index (χ2v) is 10.4. The summed E-state index contributed by atoms with van der Waals surface area (Å²) >= 11 is -1.02. The van der Waals surface area contributed by atoms with Crippen LogP contribution in [0.5, 0.6) is 0 Å². The first-order valence-electron chi connectivity index (χ1n) is 9.39. The van der Waals surface area contributed by atoms with Gasteiger partial charge < -0.3 is 20.5 Å². The average Bonchev–Trinajstić information content (AvgIpc) is 3.38. The first-order valence-corrected chi connectivity index (χ1v) is 12.4. The molecule has 7 nitrogen and oxygen atoms in total. The van der Waals surface area contributed by atoms with E-state index >= 15 is 0 Å². The van der Waals surface area contributed by atoms with Crippen LogP contribution in [0.15, 0.2) is 99.8 Å². The molecule has 0 radical (unpaired) electrons. The Morgan fingerprint density at radius 3 is 2.47 bits per heavy atom. The molecule has 2 aromatic rings. The van der Waals surface area contributed by atoms with Crippen molar-refractivity contribution in [2.24, 2.45) is 0 Å². The number of benzene rings is 2. The molecular weight excluding hydrogens is 420 g/mol. The van der Waals surface area contributed by atoms with Crippen LogP contribution < -0.4 is 16.0 Å². The van der Waals surface area contributed by atoms with Gasteiger partial charge in [-0.1, -0.05) is 30.3 Å². The standard InChI is InChI=1S/C21H20N4O3S2/c1-29(26)15-9-7-14(8-10-15)20-23-18-13-22-21-17(19(18)24-20)11-12-25(21)30(27,28)16-5-3-2-4-6-16/h2-13,20-24H,1H3. The highest BCUT2D eigenvalue weighted by Crippen LogP contribution is 2.35. The minimum absolute atomic E-state index is 0.160. The number of fused-ring (bicyclic) bond motifs is 2. The van der Waals surface area contributed by atoms with Crippen molar-refractivity contribution in [2.75, 3.05) is 6.26 Å². The Bertz CT molecular complexity index is 1170. The summed E-state index contributed by atoms with van der Waals surface area (Å²) in [6.07, 6.45) is 6.20. The smallest absolute Gasteiger partial charge is 0.265 e. The highest BCUT2D eigenvalue weighted by molar-refractivity contribution is 7.90. The van der Waals surface area contributed by atoms with Gasteiger partial charge in [0.25, 0.3) is 10.0 Å². The van der Waals surface area contributed by atoms with Gasteiger partial charge in [-0.2, -0.15) is 0 Å². The van der Waals surface area contributed by atoms with Gasteiger partial charge in [0, 0.05) is 18.0 Å². The molecule has 3 aliphatic rings. The molecule has 0 spiro atoms. The maximum atomic E-state index is 13.1. The maximum Gasteiger partial charge on any atom is 0.265 e. The first-order chi connectivity index (χ1) is 14.4. The molecular formula is C21H20N4O3S2. The molecule has 0 aliphatic carbocycles. The van der Waals surface area contributed by atoms with E-state index < -0.39 is 27.4 Å². The molecule has 5 rings (SSSR count). The summed E-state index contributed by atoms with van der Waals surface area (Å²) in [6.45, 7) is 0. The van der Waals surface area contributed by atoms with E-state index in [1.54, 1.807) is 49.0 Å². The van der Waals surface area contributed by atoms with E-state index in [1.807, 2.05) is 30.3 Å². The van der Waals surface area contributed by atoms with Gasteiger partial charge in [-0.15, -0.1) is 0 Å². The number of hydrogen-bond donors (Lipinski definition) is 3. The summed E-state index contributed by atoms with van der Waals surface area (Å²) in [5.74, 6) is 0. The van der Waals surface area contributed by atoms with E-state index in [0.29, 0.717) is 0 Å². The molecule has 30 heavy (non-hydrogen) atoms. The quantitative estimate of drug-likeness (QED) is 0.628. The Hall–Kier alpha value is -2.88. The summed E-state index contributed by atoms with van der Waals surface area (Å²) in [5.41, 5.74) is 3.60. The molecule has 3 aliphatic heterocycles. The SMILES string of the molecule is C[S+]([O-])c1ccc(C2NC3=CNC4C(=C3N2)C=CN4S(=O)(=O)c2ccccc2)cc1. The monoisotopic (exact) mass is 440 g/mol. The van der Waals surface area contributed by atoms with Gasteiger partial charge in [0.2, 0.25) is 0 Å². The third-order valence-corrected chi connectivity index (χ3v) is 8.04. The number of sulfonamides is 1. The van der Waals surface area contributed by atoms with E-state index in [0.717, 1.165) is 27.4 Å². The highest BCUT2D eigenvalue weighted by atomic mass is 32.2. The van der Waals surface area contributed by atoms with Crippen LogP contribution in [0.4, 0.5) is 0 Å². The van der Waals surface area contributed by atoms with Crippen LogP contribution in [0.2, 0.25) is 0 Å². The lowest BCUT2D eigenvalue weighted by molar-refractivity contribution is 0.422. The van der Waals surface area contributed by atoms with E-state index in [1.165, 1.54) is 4.31 Å². The zero-order valence-corrected chi connectivity index (χ0v) is 17.7. The van der Waals surface area contributed by atoms with Crippen molar-refractivity contribution in [3.05, 3.63) is 95.6 Å². The number of nitrogens with one attached hydrogen (secondary N) is 3. The van der Waals surface area contributed by atoms with Crippen molar-refractivity contribution in [1.29, 1.82) is 0 Å². The highest BCUT2D eigenvalue weighted by Gasteiger charge is 2.40. The van der Waals surface area contributed by atoms with Crippen LogP contribution >= 0.6 is 0 Å². The summed E-state index contributed by atoms with van der Waals surface area (Å²) in [4.78, 5) is 1.03. The van der Waals surface area contributed by atoms with Crippen LogP contribution in [0.3, 0.4) is 0 Å². The Labute approximate surface area is 178 Å². The van der Waals surface area contributed by atoms with Gasteiger partial charge in [0.1, 0.15) is 18.6 Å². The predicted octanol–water partition coefficient (Wildman–Crippen LogP) is 1.86. The zero-order valence-electron chi connectivity index (χ0n) is 16.1. The Morgan fingerprint density at radius 2 is 1.77 bits per heavy atom. The van der Waals surface area contributed by atoms with Crippen molar-refractivity contribution < 1.29 is 13.0 Å². The van der Waals surface area contributed by atoms with E-state index in [-0.39, 0.29) is 11.1 Å².